The van der Waals surface area contributed by atoms with Crippen molar-refractivity contribution >= 4 is 5.69 Å². The Morgan fingerprint density at radius 2 is 2.27 bits per heavy atom. The van der Waals surface area contributed by atoms with Gasteiger partial charge in [0, 0.05) is 0 Å². The van der Waals surface area contributed by atoms with Gasteiger partial charge in [0.1, 0.15) is 5.69 Å². The van der Waals surface area contributed by atoms with Crippen LogP contribution in [0.15, 0.2) is 6.07 Å². The van der Waals surface area contributed by atoms with E-state index in [0.717, 1.165) is 6.07 Å². The van der Waals surface area contributed by atoms with Gasteiger partial charge in [0.15, 0.2) is 0 Å². The van der Waals surface area contributed by atoms with Gasteiger partial charge in [-0.05, 0) is 13.0 Å². The van der Waals surface area contributed by atoms with Crippen LogP contribution in [0.5, 0.6) is 0 Å². The molecule has 0 saturated carbocycles. The maximum Gasteiger partial charge on any atom is 0.299 e. The number of pyridine rings is 1. The lowest BCUT2D eigenvalue weighted by Crippen LogP contribution is -2.04. The number of hydrogen-bond acceptors (Lipinski definition) is 4. The van der Waals surface area contributed by atoms with E-state index in [1.54, 1.807) is 0 Å². The molecule has 0 radical (unpaired) electrons. The minimum atomic E-state index is -2.96. The maximum atomic E-state index is 12.5. The second kappa shape index (κ2) is 4.26. The van der Waals surface area contributed by atoms with E-state index in [4.69, 9.17) is 5.11 Å². The second-order valence-electron chi connectivity index (χ2n) is 2.85. The lowest BCUT2D eigenvalue weighted by Gasteiger charge is -2.06. The van der Waals surface area contributed by atoms with E-state index in [9.17, 15) is 18.9 Å². The molecule has 0 aliphatic rings. The molecular formula is C8H8F2N2O3. The van der Waals surface area contributed by atoms with Gasteiger partial charge in [-0.2, -0.15) is 0 Å². The van der Waals surface area contributed by atoms with Crippen LogP contribution in [0.3, 0.4) is 0 Å². The average Bonchev–Trinajstić information content (AvgIpc) is 2.15. The highest BCUT2D eigenvalue weighted by Crippen LogP contribution is 2.31. The van der Waals surface area contributed by atoms with Gasteiger partial charge in [0.2, 0.25) is 0 Å². The van der Waals surface area contributed by atoms with Crippen LogP contribution in [0.25, 0.3) is 0 Å². The number of aliphatic hydroxyl groups excluding tert-OH is 1. The third kappa shape index (κ3) is 2.24. The van der Waals surface area contributed by atoms with Gasteiger partial charge >= 0.3 is 0 Å². The summed E-state index contributed by atoms with van der Waals surface area (Å²) in [5.74, 6) is 0. The number of aliphatic hydroxyl groups is 1. The number of nitro groups is 1. The Balaban J connectivity index is 3.42. The molecule has 0 bridgehead atoms. The fourth-order valence-corrected chi connectivity index (χ4v) is 1.24. The summed E-state index contributed by atoms with van der Waals surface area (Å²) < 4.78 is 24.9. The van der Waals surface area contributed by atoms with Gasteiger partial charge in [-0.3, -0.25) is 10.1 Å². The van der Waals surface area contributed by atoms with Gasteiger partial charge in [-0.1, -0.05) is 0 Å². The van der Waals surface area contributed by atoms with Crippen molar-refractivity contribution in [1.82, 2.24) is 4.98 Å². The van der Waals surface area contributed by atoms with Gasteiger partial charge in [0.05, 0.1) is 22.8 Å². The topological polar surface area (TPSA) is 76.3 Å². The molecule has 1 N–H and O–H groups in total. The molecule has 0 unspecified atom stereocenters. The van der Waals surface area contributed by atoms with Crippen LogP contribution in [-0.4, -0.2) is 15.0 Å². The molecule has 82 valence electrons. The van der Waals surface area contributed by atoms with Crippen molar-refractivity contribution in [2.24, 2.45) is 0 Å². The third-order valence-electron chi connectivity index (χ3n) is 1.83. The van der Waals surface area contributed by atoms with Crippen LogP contribution in [0, 0.1) is 17.0 Å². The van der Waals surface area contributed by atoms with Crippen LogP contribution in [0.2, 0.25) is 0 Å². The summed E-state index contributed by atoms with van der Waals surface area (Å²) in [6.45, 7) is 0.724. The second-order valence-corrected chi connectivity index (χ2v) is 2.85. The van der Waals surface area contributed by atoms with Crippen LogP contribution < -0.4 is 0 Å². The zero-order valence-corrected chi connectivity index (χ0v) is 7.78. The van der Waals surface area contributed by atoms with E-state index in [1.807, 2.05) is 0 Å². The zero-order chi connectivity index (χ0) is 11.6. The highest BCUT2D eigenvalue weighted by atomic mass is 19.3. The first-order valence-electron chi connectivity index (χ1n) is 4.01. The normalized spacial score (nSPS) is 10.7. The first-order chi connectivity index (χ1) is 6.97. The number of aryl methyl sites for hydroxylation is 1. The van der Waals surface area contributed by atoms with Crippen molar-refractivity contribution in [3.05, 3.63) is 33.1 Å². The lowest BCUT2D eigenvalue weighted by molar-refractivity contribution is -0.387. The van der Waals surface area contributed by atoms with Crippen LogP contribution >= 0.6 is 0 Å². The van der Waals surface area contributed by atoms with Gasteiger partial charge in [-0.15, -0.1) is 0 Å². The minimum absolute atomic E-state index is 0.00611. The van der Waals surface area contributed by atoms with Crippen molar-refractivity contribution in [2.45, 2.75) is 20.0 Å². The van der Waals surface area contributed by atoms with Crippen LogP contribution in [0.4, 0.5) is 14.5 Å². The highest BCUT2D eigenvalue weighted by Gasteiger charge is 2.25. The van der Waals surface area contributed by atoms with Gasteiger partial charge in [-0.25, -0.2) is 13.8 Å². The lowest BCUT2D eigenvalue weighted by atomic mass is 10.1. The summed E-state index contributed by atoms with van der Waals surface area (Å²) in [4.78, 5) is 13.2. The van der Waals surface area contributed by atoms with Crippen molar-refractivity contribution in [2.75, 3.05) is 0 Å². The van der Waals surface area contributed by atoms with Crippen LogP contribution in [-0.2, 0) is 6.61 Å². The molecule has 0 amide bonds. The largest absolute Gasteiger partial charge is 0.390 e. The molecule has 1 aromatic heterocycles. The molecule has 0 aliphatic heterocycles. The van der Waals surface area contributed by atoms with Crippen molar-refractivity contribution < 1.29 is 18.8 Å². The summed E-state index contributed by atoms with van der Waals surface area (Å²) in [6, 6.07) is 0.843. The first-order valence-corrected chi connectivity index (χ1v) is 4.01. The molecule has 15 heavy (non-hydrogen) atoms. The predicted molar refractivity (Wildman–Crippen MR) is 46.5 cm³/mol. The molecule has 0 fully saturated rings. The molecule has 0 aromatic carbocycles. The molecule has 1 rings (SSSR count). The number of alkyl halides is 2. The Morgan fingerprint density at radius 1 is 1.67 bits per heavy atom. The summed E-state index contributed by atoms with van der Waals surface area (Å²) in [5, 5.41) is 19.2. The highest BCUT2D eigenvalue weighted by molar-refractivity contribution is 5.45. The van der Waals surface area contributed by atoms with E-state index in [-0.39, 0.29) is 11.4 Å². The average molecular weight is 218 g/mol. The molecule has 0 atom stereocenters. The van der Waals surface area contributed by atoms with E-state index >= 15 is 0 Å². The number of halogens is 2. The molecular weight excluding hydrogens is 210 g/mol. The standard InChI is InChI=1S/C8H8F2N2O3/c1-4-7(12(14)15)6(8(9)10)2-5(3-13)11-4/h2,8,13H,3H2,1H3. The van der Waals surface area contributed by atoms with E-state index in [1.165, 1.54) is 6.92 Å². The fraction of sp³-hybridized carbons (Fsp3) is 0.375. The molecule has 0 saturated heterocycles. The molecule has 7 heteroatoms. The predicted octanol–water partition coefficient (Wildman–Crippen LogP) is 1.73. The van der Waals surface area contributed by atoms with Gasteiger partial charge < -0.3 is 5.11 Å². The Kier molecular flexibility index (Phi) is 3.25. The SMILES string of the molecule is Cc1nc(CO)cc(C(F)F)c1[N+](=O)[O-]. The Hall–Kier alpha value is -1.63. The molecule has 5 nitrogen and oxygen atoms in total. The number of rotatable bonds is 3. The zero-order valence-electron chi connectivity index (χ0n) is 7.78. The molecule has 0 aliphatic carbocycles. The summed E-state index contributed by atoms with van der Waals surface area (Å²) in [7, 11) is 0. The third-order valence-corrected chi connectivity index (χ3v) is 1.83. The van der Waals surface area contributed by atoms with Crippen molar-refractivity contribution in [3.8, 4) is 0 Å². The summed E-state index contributed by atoms with van der Waals surface area (Å²) in [5.41, 5.74) is -1.53. The maximum absolute atomic E-state index is 12.5. The van der Waals surface area contributed by atoms with Gasteiger partial charge in [0.25, 0.3) is 12.1 Å². The minimum Gasteiger partial charge on any atom is -0.390 e. The first kappa shape index (κ1) is 11.4. The molecule has 1 aromatic rings. The summed E-state index contributed by atoms with van der Waals surface area (Å²) >= 11 is 0. The smallest absolute Gasteiger partial charge is 0.299 e. The Morgan fingerprint density at radius 3 is 2.67 bits per heavy atom. The Labute approximate surface area is 83.5 Å². The van der Waals surface area contributed by atoms with E-state index in [0.29, 0.717) is 0 Å². The Bertz CT molecular complexity index is 396. The number of aromatic nitrogens is 1. The number of nitrogens with zero attached hydrogens (tertiary/aromatic N) is 2. The molecule has 1 heterocycles. The monoisotopic (exact) mass is 218 g/mol. The van der Waals surface area contributed by atoms with Crippen LogP contribution in [0.1, 0.15) is 23.4 Å². The van der Waals surface area contributed by atoms with E-state index < -0.39 is 29.2 Å². The number of hydrogen-bond donors (Lipinski definition) is 1. The van der Waals surface area contributed by atoms with Crippen molar-refractivity contribution in [3.63, 3.8) is 0 Å². The van der Waals surface area contributed by atoms with Crippen molar-refractivity contribution in [1.29, 1.82) is 0 Å². The summed E-state index contributed by atoms with van der Waals surface area (Å²) in [6.07, 6.45) is -2.96. The fourth-order valence-electron chi connectivity index (χ4n) is 1.24. The quantitative estimate of drug-likeness (QED) is 0.619. The van der Waals surface area contributed by atoms with E-state index in [2.05, 4.69) is 4.98 Å². The molecule has 0 spiro atoms.